The zero-order valence-corrected chi connectivity index (χ0v) is 11.6. The maximum atomic E-state index is 11.4. The average Bonchev–Trinajstić information content (AvgIpc) is 2.32. The molecule has 20 heavy (non-hydrogen) atoms. The van der Waals surface area contributed by atoms with Crippen LogP contribution in [0.25, 0.3) is 0 Å². The first-order valence-electron chi connectivity index (χ1n) is 5.95. The fourth-order valence-corrected chi connectivity index (χ4v) is 2.95. The highest BCUT2D eigenvalue weighted by Gasteiger charge is 2.42. The third kappa shape index (κ3) is 2.47. The lowest BCUT2D eigenvalue weighted by molar-refractivity contribution is -0.387. The van der Waals surface area contributed by atoms with Gasteiger partial charge in [0.1, 0.15) is 5.69 Å². The average molecular weight is 301 g/mol. The molecule has 1 fully saturated rings. The second-order valence-electron chi connectivity index (χ2n) is 4.86. The molecule has 3 N–H and O–H groups in total. The maximum absolute atomic E-state index is 11.4. The van der Waals surface area contributed by atoms with Gasteiger partial charge < -0.3 is 10.0 Å². The first-order valence-corrected chi connectivity index (χ1v) is 7.50. The highest BCUT2D eigenvalue weighted by Crippen LogP contribution is 2.39. The smallest absolute Gasteiger partial charge is 0.312 e. The number of primary sulfonamides is 1. The van der Waals surface area contributed by atoms with Crippen molar-refractivity contribution in [1.82, 2.24) is 0 Å². The Morgan fingerprint density at radius 1 is 1.50 bits per heavy atom. The van der Waals surface area contributed by atoms with E-state index in [2.05, 4.69) is 0 Å². The standard InChI is InChI=1S/C11H15N3O5S/c1-2-11(15)6-13(7-11)8-4-3-5-9(20(12,18)19)10(8)14(16)17/h3-5,15H,2,6-7H2,1H3,(H2,12,18,19). The van der Waals surface area contributed by atoms with E-state index in [4.69, 9.17) is 5.14 Å². The van der Waals surface area contributed by atoms with Crippen LogP contribution in [0.1, 0.15) is 13.3 Å². The van der Waals surface area contributed by atoms with Crippen LogP contribution in [0.4, 0.5) is 11.4 Å². The van der Waals surface area contributed by atoms with Crippen molar-refractivity contribution in [3.8, 4) is 0 Å². The molecule has 0 radical (unpaired) electrons. The lowest BCUT2D eigenvalue weighted by Gasteiger charge is -2.47. The van der Waals surface area contributed by atoms with Gasteiger partial charge in [0.15, 0.2) is 4.90 Å². The lowest BCUT2D eigenvalue weighted by Crippen LogP contribution is -2.61. The Bertz CT molecular complexity index is 652. The van der Waals surface area contributed by atoms with Crippen LogP contribution in [0, 0.1) is 10.1 Å². The second kappa shape index (κ2) is 4.69. The van der Waals surface area contributed by atoms with Crippen LogP contribution in [0.3, 0.4) is 0 Å². The Balaban J connectivity index is 2.48. The summed E-state index contributed by atoms with van der Waals surface area (Å²) in [7, 11) is -4.18. The van der Waals surface area contributed by atoms with Crippen molar-refractivity contribution in [2.24, 2.45) is 5.14 Å². The summed E-state index contributed by atoms with van der Waals surface area (Å²) in [4.78, 5) is 11.4. The van der Waals surface area contributed by atoms with E-state index in [9.17, 15) is 23.6 Å². The Morgan fingerprint density at radius 2 is 2.10 bits per heavy atom. The predicted octanol–water partition coefficient (Wildman–Crippen LogP) is 0.203. The van der Waals surface area contributed by atoms with E-state index in [1.807, 2.05) is 6.92 Å². The summed E-state index contributed by atoms with van der Waals surface area (Å²) in [5.41, 5.74) is -1.28. The fourth-order valence-electron chi connectivity index (χ4n) is 2.24. The van der Waals surface area contributed by atoms with Crippen molar-refractivity contribution < 1.29 is 18.4 Å². The first kappa shape index (κ1) is 14.7. The van der Waals surface area contributed by atoms with Gasteiger partial charge in [-0.15, -0.1) is 0 Å². The van der Waals surface area contributed by atoms with Crippen molar-refractivity contribution in [2.45, 2.75) is 23.8 Å². The second-order valence-corrected chi connectivity index (χ2v) is 6.39. The molecule has 0 atom stereocenters. The van der Waals surface area contributed by atoms with Crippen molar-refractivity contribution >= 4 is 21.4 Å². The van der Waals surface area contributed by atoms with Crippen LogP contribution in [0.5, 0.6) is 0 Å². The van der Waals surface area contributed by atoms with Crippen LogP contribution >= 0.6 is 0 Å². The zero-order valence-electron chi connectivity index (χ0n) is 10.8. The van der Waals surface area contributed by atoms with E-state index in [-0.39, 0.29) is 18.8 Å². The molecule has 2 rings (SSSR count). The number of para-hydroxylation sites is 1. The topological polar surface area (TPSA) is 127 Å². The Kier molecular flexibility index (Phi) is 3.44. The number of nitro groups is 1. The Labute approximate surface area is 116 Å². The number of benzene rings is 1. The Morgan fingerprint density at radius 3 is 2.55 bits per heavy atom. The van der Waals surface area contributed by atoms with Crippen LogP contribution in [-0.4, -0.2) is 37.1 Å². The van der Waals surface area contributed by atoms with Crippen LogP contribution in [0.15, 0.2) is 23.1 Å². The summed E-state index contributed by atoms with van der Waals surface area (Å²) in [6.45, 7) is 2.25. The third-order valence-corrected chi connectivity index (χ3v) is 4.38. The first-order chi connectivity index (χ1) is 9.18. The normalized spacial score (nSPS) is 17.6. The highest BCUT2D eigenvalue weighted by molar-refractivity contribution is 7.89. The molecule has 8 nitrogen and oxygen atoms in total. The largest absolute Gasteiger partial charge is 0.386 e. The van der Waals surface area contributed by atoms with E-state index >= 15 is 0 Å². The van der Waals surface area contributed by atoms with E-state index < -0.39 is 31.1 Å². The number of rotatable bonds is 4. The molecule has 0 amide bonds. The summed E-state index contributed by atoms with van der Waals surface area (Å²) in [5.74, 6) is 0. The molecule has 0 aromatic heterocycles. The minimum Gasteiger partial charge on any atom is -0.386 e. The van der Waals surface area contributed by atoms with Gasteiger partial charge in [0.2, 0.25) is 10.0 Å². The molecule has 1 heterocycles. The summed E-state index contributed by atoms with van der Waals surface area (Å²) >= 11 is 0. The van der Waals surface area contributed by atoms with E-state index in [1.54, 1.807) is 4.90 Å². The molecular formula is C11H15N3O5S. The number of anilines is 1. The maximum Gasteiger partial charge on any atom is 0.312 e. The third-order valence-electron chi connectivity index (χ3n) is 3.44. The zero-order chi connectivity index (χ0) is 15.1. The number of hydrogen-bond acceptors (Lipinski definition) is 6. The fraction of sp³-hybridized carbons (Fsp3) is 0.455. The van der Waals surface area contributed by atoms with E-state index in [0.717, 1.165) is 6.07 Å². The molecular weight excluding hydrogens is 286 g/mol. The van der Waals surface area contributed by atoms with Gasteiger partial charge in [-0.25, -0.2) is 13.6 Å². The van der Waals surface area contributed by atoms with Crippen molar-refractivity contribution in [3.05, 3.63) is 28.3 Å². The summed E-state index contributed by atoms with van der Waals surface area (Å²) in [6.07, 6.45) is 0.520. The van der Waals surface area contributed by atoms with Gasteiger partial charge in [-0.3, -0.25) is 10.1 Å². The van der Waals surface area contributed by atoms with Crippen molar-refractivity contribution in [1.29, 1.82) is 0 Å². The molecule has 0 aliphatic carbocycles. The molecule has 1 saturated heterocycles. The number of β-amino-alcohol motifs (C(OH)–C–C–N with tert-alkyl or cyclic N) is 1. The minimum absolute atomic E-state index is 0.152. The lowest BCUT2D eigenvalue weighted by atomic mass is 9.90. The van der Waals surface area contributed by atoms with Gasteiger partial charge in [0, 0.05) is 13.1 Å². The highest BCUT2D eigenvalue weighted by atomic mass is 32.2. The monoisotopic (exact) mass is 301 g/mol. The van der Waals surface area contributed by atoms with Gasteiger partial charge >= 0.3 is 5.69 Å². The number of aliphatic hydroxyl groups is 1. The van der Waals surface area contributed by atoms with Crippen LogP contribution < -0.4 is 10.0 Å². The quantitative estimate of drug-likeness (QED) is 0.604. The van der Waals surface area contributed by atoms with Gasteiger partial charge in [-0.05, 0) is 18.6 Å². The molecule has 1 aliphatic heterocycles. The van der Waals surface area contributed by atoms with Crippen LogP contribution in [-0.2, 0) is 10.0 Å². The summed E-state index contributed by atoms with van der Waals surface area (Å²) in [5, 5.41) is 26.1. The molecule has 1 aromatic carbocycles. The number of sulfonamides is 1. The minimum atomic E-state index is -4.18. The van der Waals surface area contributed by atoms with Gasteiger partial charge in [-0.1, -0.05) is 13.0 Å². The number of nitrogens with two attached hydrogens (primary N) is 1. The van der Waals surface area contributed by atoms with Crippen LogP contribution in [0.2, 0.25) is 0 Å². The number of nitrogens with zero attached hydrogens (tertiary/aromatic N) is 2. The molecule has 9 heteroatoms. The molecule has 1 aliphatic rings. The molecule has 0 bridgehead atoms. The summed E-state index contributed by atoms with van der Waals surface area (Å²) < 4.78 is 22.9. The van der Waals surface area contributed by atoms with Gasteiger partial charge in [-0.2, -0.15) is 0 Å². The predicted molar refractivity (Wildman–Crippen MR) is 71.9 cm³/mol. The molecule has 110 valence electrons. The Hall–Kier alpha value is -1.71. The number of nitro benzene ring substituents is 1. The number of hydrogen-bond donors (Lipinski definition) is 2. The van der Waals surface area contributed by atoms with Gasteiger partial charge in [0.25, 0.3) is 0 Å². The summed E-state index contributed by atoms with van der Waals surface area (Å²) in [6, 6.07) is 3.94. The molecule has 0 spiro atoms. The van der Waals surface area contributed by atoms with Crippen molar-refractivity contribution in [3.63, 3.8) is 0 Å². The molecule has 0 unspecified atom stereocenters. The molecule has 0 saturated carbocycles. The van der Waals surface area contributed by atoms with Crippen molar-refractivity contribution in [2.75, 3.05) is 18.0 Å². The SMILES string of the molecule is CCC1(O)CN(c2cccc(S(N)(=O)=O)c2[N+](=O)[O-])C1. The van der Waals surface area contributed by atoms with Gasteiger partial charge in [0.05, 0.1) is 10.5 Å². The molecule has 1 aromatic rings. The van der Waals surface area contributed by atoms with E-state index in [1.165, 1.54) is 12.1 Å². The van der Waals surface area contributed by atoms with E-state index in [0.29, 0.717) is 6.42 Å².